The van der Waals surface area contributed by atoms with Gasteiger partial charge in [-0.05, 0) is 25.0 Å². The Hall–Kier alpha value is -1.18. The highest BCUT2D eigenvalue weighted by Gasteiger charge is 2.26. The molecule has 0 spiro atoms. The number of halogens is 1. The van der Waals surface area contributed by atoms with Crippen LogP contribution in [0, 0.1) is 5.82 Å². The summed E-state index contributed by atoms with van der Waals surface area (Å²) in [6, 6.07) is 3.47. The summed E-state index contributed by atoms with van der Waals surface area (Å²) in [7, 11) is -3.95. The molecule has 1 aromatic rings. The highest BCUT2D eigenvalue weighted by Crippen LogP contribution is 2.22. The Bertz CT molecular complexity index is 507. The van der Waals surface area contributed by atoms with Crippen molar-refractivity contribution in [3.8, 4) is 0 Å². The lowest BCUT2D eigenvalue weighted by atomic mass is 10.1. The zero-order valence-corrected chi connectivity index (χ0v) is 10.5. The summed E-state index contributed by atoms with van der Waals surface area (Å²) in [4.78, 5) is -0.490. The van der Waals surface area contributed by atoms with Gasteiger partial charge in [0, 0.05) is 12.6 Å². The van der Waals surface area contributed by atoms with Crippen LogP contribution in [0.2, 0.25) is 0 Å². The number of ether oxygens (including phenoxy) is 1. The SMILES string of the molecule is Nc1cccc(F)c1S(=O)(=O)NC1CCCOC1. The molecular weight excluding hydrogens is 259 g/mol. The number of hydrogen-bond donors (Lipinski definition) is 2. The predicted octanol–water partition coefficient (Wildman–Crippen LogP) is 0.865. The minimum absolute atomic E-state index is 0.0979. The molecule has 2 rings (SSSR count). The molecule has 1 fully saturated rings. The standard InChI is InChI=1S/C11H15FN2O3S/c12-9-4-1-5-10(13)11(9)18(15,16)14-8-3-2-6-17-7-8/h1,4-5,8,14H,2-3,6-7,13H2. The van der Waals surface area contributed by atoms with Crippen LogP contribution in [0.15, 0.2) is 23.1 Å². The topological polar surface area (TPSA) is 81.4 Å². The Morgan fingerprint density at radius 1 is 1.44 bits per heavy atom. The van der Waals surface area contributed by atoms with Crippen LogP contribution < -0.4 is 10.5 Å². The fraction of sp³-hybridized carbons (Fsp3) is 0.455. The Balaban J connectivity index is 2.25. The van der Waals surface area contributed by atoms with E-state index in [1.54, 1.807) is 0 Å². The van der Waals surface area contributed by atoms with Crippen LogP contribution in [-0.2, 0) is 14.8 Å². The molecule has 1 aliphatic heterocycles. The van der Waals surface area contributed by atoms with Gasteiger partial charge in [0.25, 0.3) is 0 Å². The van der Waals surface area contributed by atoms with E-state index in [9.17, 15) is 12.8 Å². The molecule has 7 heteroatoms. The molecule has 1 aromatic carbocycles. The first kappa shape index (κ1) is 13.3. The second kappa shape index (κ2) is 5.21. The highest BCUT2D eigenvalue weighted by atomic mass is 32.2. The fourth-order valence-corrected chi connectivity index (χ4v) is 3.37. The maximum absolute atomic E-state index is 13.6. The van der Waals surface area contributed by atoms with E-state index in [1.807, 2.05) is 0 Å². The Labute approximate surface area is 105 Å². The lowest BCUT2D eigenvalue weighted by Gasteiger charge is -2.23. The van der Waals surface area contributed by atoms with Gasteiger partial charge in [-0.25, -0.2) is 17.5 Å². The summed E-state index contributed by atoms with van der Waals surface area (Å²) in [5, 5.41) is 0. The van der Waals surface area contributed by atoms with E-state index >= 15 is 0 Å². The molecule has 0 amide bonds. The first-order valence-corrected chi connectivity index (χ1v) is 7.13. The number of rotatable bonds is 3. The van der Waals surface area contributed by atoms with Gasteiger partial charge >= 0.3 is 0 Å². The van der Waals surface area contributed by atoms with Gasteiger partial charge in [0.1, 0.15) is 10.7 Å². The van der Waals surface area contributed by atoms with Crippen molar-refractivity contribution in [3.63, 3.8) is 0 Å². The van der Waals surface area contributed by atoms with E-state index in [-0.39, 0.29) is 11.7 Å². The molecule has 0 aromatic heterocycles. The molecule has 5 nitrogen and oxygen atoms in total. The van der Waals surface area contributed by atoms with Gasteiger partial charge < -0.3 is 10.5 Å². The third kappa shape index (κ3) is 2.80. The predicted molar refractivity (Wildman–Crippen MR) is 65.0 cm³/mol. The van der Waals surface area contributed by atoms with E-state index in [1.165, 1.54) is 12.1 Å². The fourth-order valence-electron chi connectivity index (χ4n) is 1.92. The van der Waals surface area contributed by atoms with Crippen molar-refractivity contribution in [2.45, 2.75) is 23.8 Å². The molecule has 0 radical (unpaired) electrons. The van der Waals surface area contributed by atoms with Gasteiger partial charge in [-0.3, -0.25) is 0 Å². The first-order valence-electron chi connectivity index (χ1n) is 5.65. The lowest BCUT2D eigenvalue weighted by molar-refractivity contribution is 0.0774. The molecule has 1 heterocycles. The van der Waals surface area contributed by atoms with Crippen LogP contribution >= 0.6 is 0 Å². The summed E-state index contributed by atoms with van der Waals surface area (Å²) in [6.07, 6.45) is 1.45. The average Bonchev–Trinajstić information content (AvgIpc) is 2.28. The number of nitrogens with one attached hydrogen (secondary N) is 1. The monoisotopic (exact) mass is 274 g/mol. The van der Waals surface area contributed by atoms with E-state index in [4.69, 9.17) is 10.5 Å². The number of anilines is 1. The second-order valence-electron chi connectivity index (χ2n) is 4.19. The van der Waals surface area contributed by atoms with Gasteiger partial charge in [-0.15, -0.1) is 0 Å². The normalized spacial score (nSPS) is 20.8. The maximum Gasteiger partial charge on any atom is 0.245 e. The van der Waals surface area contributed by atoms with E-state index < -0.39 is 20.7 Å². The van der Waals surface area contributed by atoms with Crippen LogP contribution in [0.25, 0.3) is 0 Å². The van der Waals surface area contributed by atoms with Crippen molar-refractivity contribution in [1.82, 2.24) is 4.72 Å². The van der Waals surface area contributed by atoms with Gasteiger partial charge in [0.15, 0.2) is 0 Å². The molecule has 1 unspecified atom stereocenters. The molecule has 1 atom stereocenters. The van der Waals surface area contributed by atoms with Crippen LogP contribution in [0.4, 0.5) is 10.1 Å². The minimum atomic E-state index is -3.95. The number of benzene rings is 1. The minimum Gasteiger partial charge on any atom is -0.398 e. The average molecular weight is 274 g/mol. The van der Waals surface area contributed by atoms with Crippen molar-refractivity contribution in [2.75, 3.05) is 18.9 Å². The molecule has 3 N–H and O–H groups in total. The van der Waals surface area contributed by atoms with Crippen molar-refractivity contribution in [1.29, 1.82) is 0 Å². The smallest absolute Gasteiger partial charge is 0.245 e. The number of hydrogen-bond acceptors (Lipinski definition) is 4. The number of nitrogen functional groups attached to an aromatic ring is 1. The molecule has 1 saturated heterocycles. The summed E-state index contributed by atoms with van der Waals surface area (Å²) < 4.78 is 45.3. The zero-order valence-electron chi connectivity index (χ0n) is 9.73. The second-order valence-corrected chi connectivity index (χ2v) is 5.84. The maximum atomic E-state index is 13.6. The third-order valence-corrected chi connectivity index (χ3v) is 4.36. The molecule has 18 heavy (non-hydrogen) atoms. The molecule has 0 bridgehead atoms. The number of nitrogens with two attached hydrogens (primary N) is 1. The van der Waals surface area contributed by atoms with E-state index in [2.05, 4.69) is 4.72 Å². The Kier molecular flexibility index (Phi) is 3.84. The van der Waals surface area contributed by atoms with Crippen LogP contribution in [0.5, 0.6) is 0 Å². The first-order chi connectivity index (χ1) is 8.50. The summed E-state index contributed by atoms with van der Waals surface area (Å²) in [5.41, 5.74) is 5.42. The molecule has 0 aliphatic carbocycles. The van der Waals surface area contributed by atoms with Crippen LogP contribution in [0.1, 0.15) is 12.8 Å². The van der Waals surface area contributed by atoms with Crippen LogP contribution in [-0.4, -0.2) is 27.7 Å². The third-order valence-electron chi connectivity index (χ3n) is 2.75. The van der Waals surface area contributed by atoms with Crippen molar-refractivity contribution in [2.24, 2.45) is 0 Å². The van der Waals surface area contributed by atoms with Crippen molar-refractivity contribution in [3.05, 3.63) is 24.0 Å². The van der Waals surface area contributed by atoms with Gasteiger partial charge in [0.05, 0.1) is 12.3 Å². The quantitative estimate of drug-likeness (QED) is 0.801. The molecular formula is C11H15FN2O3S. The van der Waals surface area contributed by atoms with Gasteiger partial charge in [-0.1, -0.05) is 6.07 Å². The zero-order chi connectivity index (χ0) is 13.2. The van der Waals surface area contributed by atoms with E-state index in [0.717, 1.165) is 12.5 Å². The van der Waals surface area contributed by atoms with Crippen molar-refractivity contribution >= 4 is 15.7 Å². The summed E-state index contributed by atoms with van der Waals surface area (Å²) >= 11 is 0. The summed E-state index contributed by atoms with van der Waals surface area (Å²) in [5.74, 6) is -0.848. The van der Waals surface area contributed by atoms with Gasteiger partial charge in [0.2, 0.25) is 10.0 Å². The Morgan fingerprint density at radius 3 is 2.83 bits per heavy atom. The largest absolute Gasteiger partial charge is 0.398 e. The van der Waals surface area contributed by atoms with Gasteiger partial charge in [-0.2, -0.15) is 0 Å². The Morgan fingerprint density at radius 2 is 2.22 bits per heavy atom. The number of sulfonamides is 1. The van der Waals surface area contributed by atoms with Crippen molar-refractivity contribution < 1.29 is 17.5 Å². The highest BCUT2D eigenvalue weighted by molar-refractivity contribution is 7.89. The summed E-state index contributed by atoms with van der Waals surface area (Å²) in [6.45, 7) is 0.924. The van der Waals surface area contributed by atoms with E-state index in [0.29, 0.717) is 19.6 Å². The molecule has 0 saturated carbocycles. The van der Waals surface area contributed by atoms with Crippen LogP contribution in [0.3, 0.4) is 0 Å². The lowest BCUT2D eigenvalue weighted by Crippen LogP contribution is -2.41. The molecule has 1 aliphatic rings. The molecule has 100 valence electrons.